The van der Waals surface area contributed by atoms with Crippen molar-refractivity contribution in [3.05, 3.63) is 47.7 Å². The Morgan fingerprint density at radius 3 is 3.00 bits per heavy atom. The number of carboxylic acids is 1. The molecule has 88 valence electrons. The first kappa shape index (κ1) is 11.3. The minimum atomic E-state index is -0.991. The maximum absolute atomic E-state index is 10.8. The van der Waals surface area contributed by atoms with Gasteiger partial charge in [-0.1, -0.05) is 0 Å². The predicted molar refractivity (Wildman–Crippen MR) is 58.2 cm³/mol. The molecular formula is C11H11N3O3. The van der Waals surface area contributed by atoms with Crippen molar-refractivity contribution in [2.45, 2.75) is 13.1 Å². The van der Waals surface area contributed by atoms with Gasteiger partial charge in [0.05, 0.1) is 18.5 Å². The third-order valence-electron chi connectivity index (χ3n) is 2.20. The number of nitrogens with zero attached hydrogens (tertiary/aromatic N) is 2. The van der Waals surface area contributed by atoms with E-state index in [9.17, 15) is 4.79 Å². The fourth-order valence-corrected chi connectivity index (χ4v) is 1.40. The fraction of sp³-hybridized carbons (Fsp3) is 0.182. The van der Waals surface area contributed by atoms with Gasteiger partial charge in [-0.05, 0) is 18.2 Å². The van der Waals surface area contributed by atoms with Gasteiger partial charge in [0, 0.05) is 12.7 Å². The minimum absolute atomic E-state index is 0.177. The first-order valence-corrected chi connectivity index (χ1v) is 5.04. The molecule has 0 aliphatic heterocycles. The second-order valence-electron chi connectivity index (χ2n) is 3.38. The van der Waals surface area contributed by atoms with E-state index in [4.69, 9.17) is 9.52 Å². The summed E-state index contributed by atoms with van der Waals surface area (Å²) < 4.78 is 5.08. The molecule has 0 radical (unpaired) electrons. The molecule has 0 aliphatic rings. The number of furan rings is 1. The summed E-state index contributed by atoms with van der Waals surface area (Å²) >= 11 is 0. The Morgan fingerprint density at radius 2 is 2.29 bits per heavy atom. The summed E-state index contributed by atoms with van der Waals surface area (Å²) in [6.07, 6.45) is 2.96. The van der Waals surface area contributed by atoms with Crippen LogP contribution in [0.15, 0.2) is 35.1 Å². The Kier molecular flexibility index (Phi) is 3.46. The van der Waals surface area contributed by atoms with Gasteiger partial charge in [-0.25, -0.2) is 4.79 Å². The number of nitrogens with one attached hydrogen (secondary N) is 1. The van der Waals surface area contributed by atoms with Crippen molar-refractivity contribution < 1.29 is 14.3 Å². The highest BCUT2D eigenvalue weighted by Gasteiger charge is 2.12. The summed E-state index contributed by atoms with van der Waals surface area (Å²) in [5.74, 6) is -0.587. The molecule has 2 rings (SSSR count). The van der Waals surface area contributed by atoms with Crippen molar-refractivity contribution in [1.29, 1.82) is 0 Å². The van der Waals surface area contributed by atoms with Crippen molar-refractivity contribution in [1.82, 2.24) is 15.5 Å². The average molecular weight is 233 g/mol. The van der Waals surface area contributed by atoms with Crippen LogP contribution in [0.1, 0.15) is 21.8 Å². The Labute approximate surface area is 97.3 Å². The molecule has 2 aromatic heterocycles. The van der Waals surface area contributed by atoms with Gasteiger partial charge < -0.3 is 14.8 Å². The molecule has 0 aliphatic carbocycles. The summed E-state index contributed by atoms with van der Waals surface area (Å²) in [6, 6.07) is 5.06. The number of hydrogen-bond acceptors (Lipinski definition) is 5. The van der Waals surface area contributed by atoms with Crippen molar-refractivity contribution in [2.75, 3.05) is 0 Å². The molecule has 0 aromatic carbocycles. The molecule has 2 heterocycles. The van der Waals surface area contributed by atoms with Crippen molar-refractivity contribution in [2.24, 2.45) is 0 Å². The molecule has 0 atom stereocenters. The van der Waals surface area contributed by atoms with Crippen LogP contribution in [-0.2, 0) is 13.1 Å². The van der Waals surface area contributed by atoms with E-state index in [2.05, 4.69) is 15.5 Å². The van der Waals surface area contributed by atoms with Crippen LogP contribution in [-0.4, -0.2) is 21.3 Å². The minimum Gasteiger partial charge on any atom is -0.478 e. The van der Waals surface area contributed by atoms with Crippen molar-refractivity contribution >= 4 is 5.97 Å². The van der Waals surface area contributed by atoms with Gasteiger partial charge in [0.1, 0.15) is 11.3 Å². The van der Waals surface area contributed by atoms with Crippen molar-refractivity contribution in [3.63, 3.8) is 0 Å². The van der Waals surface area contributed by atoms with E-state index in [1.807, 2.05) is 6.07 Å². The van der Waals surface area contributed by atoms with E-state index in [0.29, 0.717) is 18.8 Å². The Bertz CT molecular complexity index is 496. The van der Waals surface area contributed by atoms with Crippen LogP contribution >= 0.6 is 0 Å². The molecule has 2 aromatic rings. The normalized spacial score (nSPS) is 10.4. The van der Waals surface area contributed by atoms with Gasteiger partial charge in [-0.2, -0.15) is 10.2 Å². The molecule has 6 heteroatoms. The molecule has 0 unspecified atom stereocenters. The average Bonchev–Trinajstić information content (AvgIpc) is 2.79. The van der Waals surface area contributed by atoms with Crippen LogP contribution in [0.2, 0.25) is 0 Å². The van der Waals surface area contributed by atoms with Crippen molar-refractivity contribution in [3.8, 4) is 0 Å². The molecule has 0 saturated heterocycles. The molecule has 17 heavy (non-hydrogen) atoms. The Hall–Kier alpha value is -2.21. The number of carboxylic acid groups (broad SMARTS) is 1. The van der Waals surface area contributed by atoms with Gasteiger partial charge in [0.2, 0.25) is 0 Å². The molecule has 0 spiro atoms. The van der Waals surface area contributed by atoms with Crippen LogP contribution in [0.4, 0.5) is 0 Å². The van der Waals surface area contributed by atoms with Gasteiger partial charge >= 0.3 is 5.97 Å². The van der Waals surface area contributed by atoms with Crippen LogP contribution in [0.25, 0.3) is 0 Å². The first-order chi connectivity index (χ1) is 8.27. The smallest absolute Gasteiger partial charge is 0.339 e. The Balaban J connectivity index is 1.90. The SMILES string of the molecule is O=C(O)c1ccoc1CNCc1cccnn1. The summed E-state index contributed by atoms with van der Waals surface area (Å²) in [7, 11) is 0. The summed E-state index contributed by atoms with van der Waals surface area (Å²) in [4.78, 5) is 10.8. The predicted octanol–water partition coefficient (Wildman–Crippen LogP) is 1.06. The van der Waals surface area contributed by atoms with Crippen LogP contribution in [0, 0.1) is 0 Å². The van der Waals surface area contributed by atoms with Crippen LogP contribution < -0.4 is 5.32 Å². The molecule has 6 nitrogen and oxygen atoms in total. The lowest BCUT2D eigenvalue weighted by atomic mass is 10.2. The first-order valence-electron chi connectivity index (χ1n) is 5.04. The zero-order chi connectivity index (χ0) is 12.1. The third-order valence-corrected chi connectivity index (χ3v) is 2.20. The lowest BCUT2D eigenvalue weighted by Gasteiger charge is -2.02. The molecule has 2 N–H and O–H groups in total. The standard InChI is InChI=1S/C11H11N3O3/c15-11(16)9-3-5-17-10(9)7-12-6-8-2-1-4-13-14-8/h1-5,12H,6-7H2,(H,15,16). The lowest BCUT2D eigenvalue weighted by Crippen LogP contribution is -2.15. The topological polar surface area (TPSA) is 88.2 Å². The molecule has 0 bridgehead atoms. The number of rotatable bonds is 5. The molecule has 0 saturated carbocycles. The van der Waals surface area contributed by atoms with E-state index in [1.54, 1.807) is 12.3 Å². The second kappa shape index (κ2) is 5.22. The quantitative estimate of drug-likeness (QED) is 0.802. The maximum atomic E-state index is 10.8. The molecule has 0 amide bonds. The zero-order valence-corrected chi connectivity index (χ0v) is 8.96. The van der Waals surface area contributed by atoms with Crippen LogP contribution in [0.3, 0.4) is 0 Å². The van der Waals surface area contributed by atoms with E-state index in [1.165, 1.54) is 12.3 Å². The molecule has 0 fully saturated rings. The lowest BCUT2D eigenvalue weighted by molar-refractivity contribution is 0.0694. The van der Waals surface area contributed by atoms with E-state index in [0.717, 1.165) is 5.69 Å². The van der Waals surface area contributed by atoms with Gasteiger partial charge in [0.25, 0.3) is 0 Å². The number of carbonyl (C=O) groups is 1. The maximum Gasteiger partial charge on any atom is 0.339 e. The third kappa shape index (κ3) is 2.88. The van der Waals surface area contributed by atoms with E-state index < -0.39 is 5.97 Å². The summed E-state index contributed by atoms with van der Waals surface area (Å²) in [5.41, 5.74) is 0.965. The van der Waals surface area contributed by atoms with Gasteiger partial charge in [-0.15, -0.1) is 0 Å². The van der Waals surface area contributed by atoms with Gasteiger partial charge in [0.15, 0.2) is 0 Å². The fourth-order valence-electron chi connectivity index (χ4n) is 1.40. The van der Waals surface area contributed by atoms with E-state index in [-0.39, 0.29) is 5.56 Å². The zero-order valence-electron chi connectivity index (χ0n) is 8.96. The van der Waals surface area contributed by atoms with E-state index >= 15 is 0 Å². The van der Waals surface area contributed by atoms with Gasteiger partial charge in [-0.3, -0.25) is 0 Å². The number of hydrogen-bond donors (Lipinski definition) is 2. The summed E-state index contributed by atoms with van der Waals surface area (Å²) in [6.45, 7) is 0.846. The van der Waals surface area contributed by atoms with Crippen LogP contribution in [0.5, 0.6) is 0 Å². The Morgan fingerprint density at radius 1 is 1.41 bits per heavy atom. The largest absolute Gasteiger partial charge is 0.478 e. The monoisotopic (exact) mass is 233 g/mol. The highest BCUT2D eigenvalue weighted by atomic mass is 16.4. The highest BCUT2D eigenvalue weighted by molar-refractivity contribution is 5.88. The highest BCUT2D eigenvalue weighted by Crippen LogP contribution is 2.10. The number of aromatic nitrogens is 2. The molecular weight excluding hydrogens is 222 g/mol. The summed E-state index contributed by atoms with van der Waals surface area (Å²) in [5, 5.41) is 19.5. The second-order valence-corrected chi connectivity index (χ2v) is 3.38. The number of aromatic carboxylic acids is 1.